The highest BCUT2D eigenvalue weighted by Crippen LogP contribution is 2.38. The predicted octanol–water partition coefficient (Wildman–Crippen LogP) is 2.23. The molecule has 4 rings (SSSR count). The summed E-state index contributed by atoms with van der Waals surface area (Å²) in [7, 11) is -3.87. The van der Waals surface area contributed by atoms with Crippen molar-refractivity contribution in [3.05, 3.63) is 41.3 Å². The number of nitrogens with one attached hydrogen (secondary N) is 1. The smallest absolute Gasteiger partial charge is 0.254 e. The van der Waals surface area contributed by atoms with E-state index in [0.717, 1.165) is 31.0 Å². The number of halogens is 1. The normalized spacial score (nSPS) is 18.8. The zero-order valence-corrected chi connectivity index (χ0v) is 18.2. The van der Waals surface area contributed by atoms with Gasteiger partial charge in [0.05, 0.1) is 23.7 Å². The summed E-state index contributed by atoms with van der Waals surface area (Å²) in [6.07, 6.45) is 2.01. The molecule has 11 heteroatoms. The summed E-state index contributed by atoms with van der Waals surface area (Å²) in [6.45, 7) is 4.71. The molecule has 1 unspecified atom stereocenters. The van der Waals surface area contributed by atoms with Gasteiger partial charge in [-0.1, -0.05) is 19.0 Å². The summed E-state index contributed by atoms with van der Waals surface area (Å²) < 4.78 is 52.0. The fourth-order valence-corrected chi connectivity index (χ4v) is 4.82. The van der Waals surface area contributed by atoms with E-state index in [1.54, 1.807) is 0 Å². The number of carbonyl (C=O) groups is 1. The number of nitrogens with zero attached hydrogens (tertiary/aromatic N) is 3. The van der Waals surface area contributed by atoms with Crippen LogP contribution in [0.15, 0.2) is 27.6 Å². The minimum Gasteiger partial charge on any atom is -0.379 e. The van der Waals surface area contributed by atoms with Gasteiger partial charge in [-0.05, 0) is 37.0 Å². The number of rotatable bonds is 7. The first-order chi connectivity index (χ1) is 14.8. The highest BCUT2D eigenvalue weighted by Gasteiger charge is 2.33. The van der Waals surface area contributed by atoms with E-state index >= 15 is 0 Å². The van der Waals surface area contributed by atoms with Crippen LogP contribution >= 0.6 is 0 Å². The number of amides is 1. The Balaban J connectivity index is 1.57. The van der Waals surface area contributed by atoms with Gasteiger partial charge in [0.15, 0.2) is 5.82 Å². The van der Waals surface area contributed by atoms with Crippen LogP contribution in [0.4, 0.5) is 4.39 Å². The van der Waals surface area contributed by atoms with Crippen molar-refractivity contribution in [3.63, 3.8) is 0 Å². The Bertz CT molecular complexity index is 1060. The number of carbonyl (C=O) groups excluding carboxylic acids is 1. The standard InChI is InChI=1S/C20H25FN4O5S/c1-12(2)17(20-23-18(24-30-20)13-3-4-13)22-19(26)15-11-14(5-6-16(15)21)31(27,28)25-7-9-29-10-8-25/h5-6,11-13,17H,3-4,7-10H2,1-2H3,(H,22,26). The van der Waals surface area contributed by atoms with E-state index in [1.165, 1.54) is 4.31 Å². The minimum absolute atomic E-state index is 0.111. The van der Waals surface area contributed by atoms with Gasteiger partial charge in [0.2, 0.25) is 15.9 Å². The number of ether oxygens (including phenoxy) is 1. The molecule has 0 bridgehead atoms. The molecule has 2 heterocycles. The van der Waals surface area contributed by atoms with E-state index in [0.29, 0.717) is 11.7 Å². The Morgan fingerprint density at radius 2 is 1.97 bits per heavy atom. The lowest BCUT2D eigenvalue weighted by molar-refractivity contribution is 0.0730. The summed E-state index contributed by atoms with van der Waals surface area (Å²) in [5.41, 5.74) is -0.359. The molecule has 1 aliphatic carbocycles. The van der Waals surface area contributed by atoms with Crippen molar-refractivity contribution in [3.8, 4) is 0 Å². The Morgan fingerprint density at radius 3 is 2.61 bits per heavy atom. The summed E-state index contributed by atoms with van der Waals surface area (Å²) in [4.78, 5) is 17.1. The van der Waals surface area contributed by atoms with Crippen LogP contribution in [0, 0.1) is 11.7 Å². The van der Waals surface area contributed by atoms with E-state index in [2.05, 4.69) is 15.5 Å². The number of hydrogen-bond acceptors (Lipinski definition) is 7. The van der Waals surface area contributed by atoms with E-state index < -0.39 is 27.8 Å². The third-order valence-electron chi connectivity index (χ3n) is 5.41. The number of aromatic nitrogens is 2. The molecule has 2 aliphatic rings. The van der Waals surface area contributed by atoms with Gasteiger partial charge in [-0.2, -0.15) is 9.29 Å². The molecular weight excluding hydrogens is 427 g/mol. The highest BCUT2D eigenvalue weighted by molar-refractivity contribution is 7.89. The summed E-state index contributed by atoms with van der Waals surface area (Å²) in [5.74, 6) is -0.519. The molecule has 1 saturated heterocycles. The van der Waals surface area contributed by atoms with Gasteiger partial charge in [-0.15, -0.1) is 0 Å². The second-order valence-electron chi connectivity index (χ2n) is 8.12. The average molecular weight is 453 g/mol. The molecule has 1 aliphatic heterocycles. The maximum absolute atomic E-state index is 14.5. The minimum atomic E-state index is -3.87. The van der Waals surface area contributed by atoms with Crippen LogP contribution in [-0.4, -0.2) is 55.1 Å². The Kier molecular flexibility index (Phi) is 6.09. The molecule has 1 amide bonds. The van der Waals surface area contributed by atoms with Crippen molar-refractivity contribution >= 4 is 15.9 Å². The van der Waals surface area contributed by atoms with Gasteiger partial charge in [0.25, 0.3) is 5.91 Å². The van der Waals surface area contributed by atoms with Crippen LogP contribution in [0.3, 0.4) is 0 Å². The molecule has 1 N–H and O–H groups in total. The molecule has 1 saturated carbocycles. The second kappa shape index (κ2) is 8.64. The Morgan fingerprint density at radius 1 is 1.26 bits per heavy atom. The average Bonchev–Trinajstić information content (AvgIpc) is 3.49. The van der Waals surface area contributed by atoms with Gasteiger partial charge in [0.1, 0.15) is 11.9 Å². The van der Waals surface area contributed by atoms with Crippen LogP contribution in [0.1, 0.15) is 60.7 Å². The maximum atomic E-state index is 14.5. The molecule has 1 atom stereocenters. The Labute approximate surface area is 180 Å². The molecule has 31 heavy (non-hydrogen) atoms. The summed E-state index contributed by atoms with van der Waals surface area (Å²) >= 11 is 0. The molecule has 0 radical (unpaired) electrons. The Hall–Kier alpha value is -2.37. The fraction of sp³-hybridized carbons (Fsp3) is 0.550. The number of sulfonamides is 1. The number of benzene rings is 1. The van der Waals surface area contributed by atoms with Crippen LogP contribution in [0.5, 0.6) is 0 Å². The van der Waals surface area contributed by atoms with E-state index in [9.17, 15) is 17.6 Å². The van der Waals surface area contributed by atoms with Crippen molar-refractivity contribution < 1.29 is 26.9 Å². The molecule has 2 fully saturated rings. The molecule has 9 nitrogen and oxygen atoms in total. The van der Waals surface area contributed by atoms with Crippen molar-refractivity contribution in [2.45, 2.75) is 43.5 Å². The van der Waals surface area contributed by atoms with Crippen molar-refractivity contribution in [1.82, 2.24) is 19.8 Å². The summed E-state index contributed by atoms with van der Waals surface area (Å²) in [5, 5.41) is 6.69. The first kappa shape index (κ1) is 21.8. The molecule has 1 aromatic carbocycles. The van der Waals surface area contributed by atoms with Gasteiger partial charge in [-0.3, -0.25) is 4.79 Å². The lowest BCUT2D eigenvalue weighted by Gasteiger charge is -2.26. The lowest BCUT2D eigenvalue weighted by Crippen LogP contribution is -2.40. The molecular formula is C20H25FN4O5S. The lowest BCUT2D eigenvalue weighted by atomic mass is 10.0. The number of morpholine rings is 1. The fourth-order valence-electron chi connectivity index (χ4n) is 3.39. The van der Waals surface area contributed by atoms with Crippen LogP contribution in [0.2, 0.25) is 0 Å². The van der Waals surface area contributed by atoms with Gasteiger partial charge in [0, 0.05) is 19.0 Å². The zero-order chi connectivity index (χ0) is 22.2. The predicted molar refractivity (Wildman–Crippen MR) is 107 cm³/mol. The van der Waals surface area contributed by atoms with Crippen molar-refractivity contribution in [2.75, 3.05) is 26.3 Å². The van der Waals surface area contributed by atoms with E-state index in [1.807, 2.05) is 13.8 Å². The zero-order valence-electron chi connectivity index (χ0n) is 17.4. The topological polar surface area (TPSA) is 115 Å². The van der Waals surface area contributed by atoms with E-state index in [-0.39, 0.29) is 48.6 Å². The monoisotopic (exact) mass is 452 g/mol. The van der Waals surface area contributed by atoms with Crippen molar-refractivity contribution in [1.29, 1.82) is 0 Å². The first-order valence-electron chi connectivity index (χ1n) is 10.3. The van der Waals surface area contributed by atoms with E-state index in [4.69, 9.17) is 9.26 Å². The van der Waals surface area contributed by atoms with Crippen LogP contribution in [0.25, 0.3) is 0 Å². The SMILES string of the molecule is CC(C)C(NC(=O)c1cc(S(=O)(=O)N2CCOCC2)ccc1F)c1nc(C2CC2)no1. The van der Waals surface area contributed by atoms with Gasteiger partial charge in [-0.25, -0.2) is 12.8 Å². The number of hydrogen-bond donors (Lipinski definition) is 1. The molecule has 0 spiro atoms. The third kappa shape index (κ3) is 4.63. The van der Waals surface area contributed by atoms with Gasteiger partial charge >= 0.3 is 0 Å². The van der Waals surface area contributed by atoms with Crippen LogP contribution < -0.4 is 5.32 Å². The van der Waals surface area contributed by atoms with Crippen molar-refractivity contribution in [2.24, 2.45) is 5.92 Å². The quantitative estimate of drug-likeness (QED) is 0.685. The van der Waals surface area contributed by atoms with Gasteiger partial charge < -0.3 is 14.6 Å². The third-order valence-corrected chi connectivity index (χ3v) is 7.30. The summed E-state index contributed by atoms with van der Waals surface area (Å²) in [6, 6.07) is 2.59. The maximum Gasteiger partial charge on any atom is 0.254 e. The second-order valence-corrected chi connectivity index (χ2v) is 10.1. The first-order valence-corrected chi connectivity index (χ1v) is 11.7. The highest BCUT2D eigenvalue weighted by atomic mass is 32.2. The molecule has 2 aromatic rings. The molecule has 168 valence electrons. The molecule has 1 aromatic heterocycles. The van der Waals surface area contributed by atoms with Crippen LogP contribution in [-0.2, 0) is 14.8 Å². The largest absolute Gasteiger partial charge is 0.379 e.